The molecule has 0 aliphatic carbocycles. The molecule has 1 aliphatic heterocycles. The van der Waals surface area contributed by atoms with Gasteiger partial charge in [-0.25, -0.2) is 0 Å². The maximum Gasteiger partial charge on any atom is 0.0417 e. The number of hydrogen-bond donors (Lipinski definition) is 2. The van der Waals surface area contributed by atoms with Gasteiger partial charge in [0.05, 0.1) is 0 Å². The van der Waals surface area contributed by atoms with E-state index in [1.165, 1.54) is 24.1 Å². The van der Waals surface area contributed by atoms with Gasteiger partial charge in [-0.05, 0) is 73.8 Å². The van der Waals surface area contributed by atoms with E-state index >= 15 is 0 Å². The van der Waals surface area contributed by atoms with Gasteiger partial charge < -0.3 is 10.6 Å². The molecule has 0 bridgehead atoms. The summed E-state index contributed by atoms with van der Waals surface area (Å²) in [5, 5.41) is 7.75. The molecule has 1 atom stereocenters. The standard InChI is InChI=1S/C21H24BrClN2/c22-21-13-20(23)7-6-19(21)5-4-16-2-1-3-17(12-16)8-10-24-14-18-9-11-25-15-18/h1-7,12-13,18,24-25H,8-11,14-15H2/b5-4+. The van der Waals surface area contributed by atoms with Gasteiger partial charge in [-0.15, -0.1) is 0 Å². The van der Waals surface area contributed by atoms with Crippen LogP contribution in [0.5, 0.6) is 0 Å². The molecule has 0 aromatic heterocycles. The highest BCUT2D eigenvalue weighted by Crippen LogP contribution is 2.23. The molecule has 0 radical (unpaired) electrons. The van der Waals surface area contributed by atoms with Gasteiger partial charge in [-0.1, -0.05) is 70.0 Å². The lowest BCUT2D eigenvalue weighted by atomic mass is 10.1. The molecule has 1 fully saturated rings. The van der Waals surface area contributed by atoms with E-state index in [1.807, 2.05) is 18.2 Å². The molecule has 1 heterocycles. The minimum Gasteiger partial charge on any atom is -0.316 e. The first-order valence-electron chi connectivity index (χ1n) is 8.84. The molecule has 2 aromatic carbocycles. The second-order valence-electron chi connectivity index (χ2n) is 6.56. The molecule has 0 saturated carbocycles. The minimum atomic E-state index is 0.743. The third-order valence-corrected chi connectivity index (χ3v) is 5.48. The maximum absolute atomic E-state index is 5.99. The first kappa shape index (κ1) is 18.7. The van der Waals surface area contributed by atoms with Crippen molar-refractivity contribution in [2.24, 2.45) is 5.92 Å². The highest BCUT2D eigenvalue weighted by Gasteiger charge is 2.12. The van der Waals surface area contributed by atoms with E-state index in [2.05, 4.69) is 63.0 Å². The quantitative estimate of drug-likeness (QED) is 0.487. The Morgan fingerprint density at radius 2 is 2.12 bits per heavy atom. The minimum absolute atomic E-state index is 0.743. The Morgan fingerprint density at radius 3 is 2.92 bits per heavy atom. The van der Waals surface area contributed by atoms with E-state index in [0.717, 1.165) is 47.0 Å². The van der Waals surface area contributed by atoms with Crippen LogP contribution in [0.3, 0.4) is 0 Å². The highest BCUT2D eigenvalue weighted by atomic mass is 79.9. The van der Waals surface area contributed by atoms with Crippen molar-refractivity contribution in [1.29, 1.82) is 0 Å². The summed E-state index contributed by atoms with van der Waals surface area (Å²) in [6.45, 7) is 4.49. The molecular formula is C21H24BrClN2. The summed E-state index contributed by atoms with van der Waals surface area (Å²) in [4.78, 5) is 0. The Hall–Kier alpha value is -1.13. The molecule has 1 unspecified atom stereocenters. The predicted octanol–water partition coefficient (Wildman–Crippen LogP) is 5.01. The summed E-state index contributed by atoms with van der Waals surface area (Å²) in [7, 11) is 0. The zero-order valence-corrected chi connectivity index (χ0v) is 16.6. The zero-order chi connectivity index (χ0) is 17.5. The van der Waals surface area contributed by atoms with Crippen LogP contribution in [0.25, 0.3) is 12.2 Å². The van der Waals surface area contributed by atoms with Crippen LogP contribution in [-0.2, 0) is 6.42 Å². The number of halogens is 2. The van der Waals surface area contributed by atoms with Gasteiger partial charge in [0.25, 0.3) is 0 Å². The van der Waals surface area contributed by atoms with E-state index in [4.69, 9.17) is 11.6 Å². The lowest BCUT2D eigenvalue weighted by Crippen LogP contribution is -2.26. The molecule has 2 nitrogen and oxygen atoms in total. The third kappa shape index (κ3) is 5.96. The smallest absolute Gasteiger partial charge is 0.0417 e. The Bertz CT molecular complexity index is 724. The first-order chi connectivity index (χ1) is 12.2. The van der Waals surface area contributed by atoms with E-state index < -0.39 is 0 Å². The Balaban J connectivity index is 1.52. The molecule has 1 aliphatic rings. The number of benzene rings is 2. The van der Waals surface area contributed by atoms with Crippen molar-refractivity contribution in [3.8, 4) is 0 Å². The average molecular weight is 420 g/mol. The van der Waals surface area contributed by atoms with E-state index in [9.17, 15) is 0 Å². The van der Waals surface area contributed by atoms with Crippen LogP contribution in [0.1, 0.15) is 23.1 Å². The summed E-state index contributed by atoms with van der Waals surface area (Å²) < 4.78 is 1.01. The fourth-order valence-corrected chi connectivity index (χ4v) is 3.92. The Morgan fingerprint density at radius 1 is 1.20 bits per heavy atom. The second-order valence-corrected chi connectivity index (χ2v) is 7.85. The number of nitrogens with one attached hydrogen (secondary N) is 2. The fraction of sp³-hybridized carbons (Fsp3) is 0.333. The molecule has 2 aromatic rings. The summed E-state index contributed by atoms with van der Waals surface area (Å²) >= 11 is 9.55. The zero-order valence-electron chi connectivity index (χ0n) is 14.3. The van der Waals surface area contributed by atoms with Crippen LogP contribution in [0.4, 0.5) is 0 Å². The SMILES string of the molecule is Clc1ccc(/C=C/c2cccc(CCNCC3CCNC3)c2)c(Br)c1. The van der Waals surface area contributed by atoms with Crippen LogP contribution >= 0.6 is 27.5 Å². The van der Waals surface area contributed by atoms with Crippen molar-refractivity contribution in [2.75, 3.05) is 26.2 Å². The maximum atomic E-state index is 5.99. The Labute approximate surface area is 163 Å². The van der Waals surface area contributed by atoms with Gasteiger partial charge in [0.1, 0.15) is 0 Å². The summed E-state index contributed by atoms with van der Waals surface area (Å²) in [5.74, 6) is 0.798. The lowest BCUT2D eigenvalue weighted by Gasteiger charge is -2.10. The van der Waals surface area contributed by atoms with Gasteiger partial charge in [-0.3, -0.25) is 0 Å². The van der Waals surface area contributed by atoms with Crippen molar-refractivity contribution in [3.05, 3.63) is 68.7 Å². The van der Waals surface area contributed by atoms with Crippen LogP contribution in [-0.4, -0.2) is 26.2 Å². The molecule has 132 valence electrons. The average Bonchev–Trinajstić information content (AvgIpc) is 3.12. The number of rotatable bonds is 7. The van der Waals surface area contributed by atoms with E-state index in [-0.39, 0.29) is 0 Å². The van der Waals surface area contributed by atoms with Crippen molar-refractivity contribution in [2.45, 2.75) is 12.8 Å². The topological polar surface area (TPSA) is 24.1 Å². The van der Waals surface area contributed by atoms with Gasteiger partial charge in [0.2, 0.25) is 0 Å². The van der Waals surface area contributed by atoms with Gasteiger partial charge in [0.15, 0.2) is 0 Å². The van der Waals surface area contributed by atoms with Crippen LogP contribution in [0.15, 0.2) is 46.9 Å². The molecule has 0 spiro atoms. The lowest BCUT2D eigenvalue weighted by molar-refractivity contribution is 0.515. The van der Waals surface area contributed by atoms with Crippen molar-refractivity contribution < 1.29 is 0 Å². The molecule has 2 N–H and O–H groups in total. The largest absolute Gasteiger partial charge is 0.316 e. The van der Waals surface area contributed by atoms with Crippen molar-refractivity contribution in [3.63, 3.8) is 0 Å². The van der Waals surface area contributed by atoms with Crippen molar-refractivity contribution in [1.82, 2.24) is 10.6 Å². The van der Waals surface area contributed by atoms with E-state index in [0.29, 0.717) is 0 Å². The second kappa shape index (κ2) is 9.54. The normalized spacial score (nSPS) is 17.4. The van der Waals surface area contributed by atoms with Gasteiger partial charge >= 0.3 is 0 Å². The number of hydrogen-bond acceptors (Lipinski definition) is 2. The van der Waals surface area contributed by atoms with E-state index in [1.54, 1.807) is 0 Å². The summed E-state index contributed by atoms with van der Waals surface area (Å²) in [6.07, 6.45) is 6.62. The predicted molar refractivity (Wildman–Crippen MR) is 112 cm³/mol. The van der Waals surface area contributed by atoms with Crippen molar-refractivity contribution >= 4 is 39.7 Å². The van der Waals surface area contributed by atoms with Gasteiger partial charge in [0, 0.05) is 9.50 Å². The molecule has 3 rings (SSSR count). The van der Waals surface area contributed by atoms with Gasteiger partial charge in [-0.2, -0.15) is 0 Å². The molecule has 25 heavy (non-hydrogen) atoms. The molecular weight excluding hydrogens is 396 g/mol. The summed E-state index contributed by atoms with van der Waals surface area (Å²) in [5.41, 5.74) is 3.72. The van der Waals surface area contributed by atoms with Crippen LogP contribution in [0, 0.1) is 5.92 Å². The highest BCUT2D eigenvalue weighted by molar-refractivity contribution is 9.10. The third-order valence-electron chi connectivity index (χ3n) is 4.55. The molecule has 0 amide bonds. The first-order valence-corrected chi connectivity index (χ1v) is 10.0. The molecule has 1 saturated heterocycles. The molecule has 4 heteroatoms. The Kier molecular flexibility index (Phi) is 7.12. The monoisotopic (exact) mass is 418 g/mol. The van der Waals surface area contributed by atoms with Crippen LogP contribution in [0.2, 0.25) is 5.02 Å². The van der Waals surface area contributed by atoms with Crippen LogP contribution < -0.4 is 10.6 Å². The summed E-state index contributed by atoms with van der Waals surface area (Å²) in [6, 6.07) is 14.6. The fourth-order valence-electron chi connectivity index (χ4n) is 3.10.